The van der Waals surface area contributed by atoms with Crippen molar-refractivity contribution in [2.24, 2.45) is 0 Å². The molecule has 0 aromatic heterocycles. The lowest BCUT2D eigenvalue weighted by Crippen LogP contribution is -2.36. The van der Waals surface area contributed by atoms with Crippen LogP contribution in [0.4, 0.5) is 4.39 Å². The van der Waals surface area contributed by atoms with E-state index in [2.05, 4.69) is 38.2 Å². The Balaban J connectivity index is 2.30. The topological polar surface area (TPSA) is 12.0 Å². The maximum absolute atomic E-state index is 12.9. The van der Waals surface area contributed by atoms with Gasteiger partial charge in [0.25, 0.3) is 0 Å². The molecule has 1 aromatic carbocycles. The largest absolute Gasteiger partial charge is 0.312 e. The molecule has 1 aromatic rings. The predicted molar refractivity (Wildman–Crippen MR) is 76.6 cm³/mol. The van der Waals surface area contributed by atoms with Gasteiger partial charge in [0, 0.05) is 5.54 Å². The molecule has 0 radical (unpaired) electrons. The van der Waals surface area contributed by atoms with E-state index in [1.807, 2.05) is 0 Å². The van der Waals surface area contributed by atoms with E-state index < -0.39 is 0 Å². The number of hydrogen-bond acceptors (Lipinski definition) is 1. The summed E-state index contributed by atoms with van der Waals surface area (Å²) in [4.78, 5) is 0. The first-order chi connectivity index (χ1) is 8.38. The lowest BCUT2D eigenvalue weighted by molar-refractivity contribution is 0.431. The Morgan fingerprint density at radius 2 is 2.00 bits per heavy atom. The third-order valence-electron chi connectivity index (χ3n) is 2.47. The molecule has 0 unspecified atom stereocenters. The molecule has 18 heavy (non-hydrogen) atoms. The van der Waals surface area contributed by atoms with Gasteiger partial charge in [0.15, 0.2) is 0 Å². The van der Waals surface area contributed by atoms with Gasteiger partial charge in [-0.25, -0.2) is 4.39 Å². The van der Waals surface area contributed by atoms with Gasteiger partial charge < -0.3 is 5.32 Å². The van der Waals surface area contributed by atoms with Gasteiger partial charge in [-0.3, -0.25) is 0 Å². The minimum absolute atomic E-state index is 0.165. The van der Waals surface area contributed by atoms with E-state index in [0.29, 0.717) is 0 Å². The molecule has 0 atom stereocenters. The van der Waals surface area contributed by atoms with Crippen LogP contribution >= 0.6 is 11.6 Å². The highest BCUT2D eigenvalue weighted by molar-refractivity contribution is 6.30. The van der Waals surface area contributed by atoms with Crippen LogP contribution in [-0.2, 0) is 6.42 Å². The van der Waals surface area contributed by atoms with Crippen molar-refractivity contribution in [3.63, 3.8) is 0 Å². The van der Waals surface area contributed by atoms with Crippen molar-refractivity contribution in [1.82, 2.24) is 5.32 Å². The normalized spacial score (nSPS) is 12.3. The van der Waals surface area contributed by atoms with Gasteiger partial charge in [-0.2, -0.15) is 0 Å². The molecule has 0 aliphatic heterocycles. The SMILES string of the molecule is CC(C)(C)NCC/C=C/Cc1ccc(F)c(Cl)c1. The van der Waals surface area contributed by atoms with Crippen LogP contribution in [0.1, 0.15) is 32.8 Å². The lowest BCUT2D eigenvalue weighted by Gasteiger charge is -2.19. The first-order valence-corrected chi connectivity index (χ1v) is 6.60. The van der Waals surface area contributed by atoms with Crippen LogP contribution < -0.4 is 5.32 Å². The van der Waals surface area contributed by atoms with Crippen molar-refractivity contribution in [3.05, 3.63) is 46.8 Å². The predicted octanol–water partition coefficient (Wildman–Crippen LogP) is 4.36. The molecule has 0 bridgehead atoms. The average Bonchev–Trinajstić information content (AvgIpc) is 2.26. The minimum Gasteiger partial charge on any atom is -0.312 e. The molecular weight excluding hydrogens is 249 g/mol. The molecule has 1 N–H and O–H groups in total. The molecule has 0 aliphatic rings. The quantitative estimate of drug-likeness (QED) is 0.619. The molecule has 0 heterocycles. The van der Waals surface area contributed by atoms with Gasteiger partial charge in [-0.15, -0.1) is 0 Å². The van der Waals surface area contributed by atoms with E-state index in [1.54, 1.807) is 12.1 Å². The second-order valence-electron chi connectivity index (χ2n) is 5.39. The highest BCUT2D eigenvalue weighted by Gasteiger charge is 2.06. The van der Waals surface area contributed by atoms with Gasteiger partial charge in [0.1, 0.15) is 5.82 Å². The van der Waals surface area contributed by atoms with Gasteiger partial charge >= 0.3 is 0 Å². The van der Waals surface area contributed by atoms with Crippen molar-refractivity contribution < 1.29 is 4.39 Å². The molecule has 0 fully saturated rings. The zero-order chi connectivity index (χ0) is 13.6. The maximum Gasteiger partial charge on any atom is 0.141 e. The summed E-state index contributed by atoms with van der Waals surface area (Å²) >= 11 is 5.72. The summed E-state index contributed by atoms with van der Waals surface area (Å²) in [6.07, 6.45) is 6.01. The zero-order valence-electron chi connectivity index (χ0n) is 11.3. The van der Waals surface area contributed by atoms with Crippen molar-refractivity contribution in [3.8, 4) is 0 Å². The first kappa shape index (κ1) is 15.2. The van der Waals surface area contributed by atoms with Crippen molar-refractivity contribution in [1.29, 1.82) is 0 Å². The van der Waals surface area contributed by atoms with E-state index in [1.165, 1.54) is 6.07 Å². The Morgan fingerprint density at radius 1 is 1.28 bits per heavy atom. The zero-order valence-corrected chi connectivity index (χ0v) is 12.0. The summed E-state index contributed by atoms with van der Waals surface area (Å²) in [5, 5.41) is 3.61. The number of benzene rings is 1. The van der Waals surface area contributed by atoms with E-state index in [4.69, 9.17) is 11.6 Å². The fourth-order valence-electron chi connectivity index (χ4n) is 1.53. The Labute approximate surface area is 114 Å². The minimum atomic E-state index is -0.362. The number of halogens is 2. The van der Waals surface area contributed by atoms with E-state index in [-0.39, 0.29) is 16.4 Å². The Bertz CT molecular complexity index is 407. The van der Waals surface area contributed by atoms with Crippen molar-refractivity contribution in [2.45, 2.75) is 39.2 Å². The molecule has 0 saturated carbocycles. The highest BCUT2D eigenvalue weighted by atomic mass is 35.5. The smallest absolute Gasteiger partial charge is 0.141 e. The number of hydrogen-bond donors (Lipinski definition) is 1. The lowest BCUT2D eigenvalue weighted by atomic mass is 10.1. The summed E-state index contributed by atoms with van der Waals surface area (Å²) in [5.74, 6) is -0.362. The Morgan fingerprint density at radius 3 is 2.61 bits per heavy atom. The van der Waals surface area contributed by atoms with Crippen LogP contribution in [0.25, 0.3) is 0 Å². The first-order valence-electron chi connectivity index (χ1n) is 6.22. The van der Waals surface area contributed by atoms with Crippen LogP contribution in [0.15, 0.2) is 30.4 Å². The molecule has 100 valence electrons. The Kier molecular flexibility index (Phi) is 5.83. The average molecular weight is 270 g/mol. The van der Waals surface area contributed by atoms with E-state index >= 15 is 0 Å². The fourth-order valence-corrected chi connectivity index (χ4v) is 1.74. The van der Waals surface area contributed by atoms with Crippen LogP contribution in [0.2, 0.25) is 5.02 Å². The summed E-state index contributed by atoms with van der Waals surface area (Å²) in [5.41, 5.74) is 1.19. The molecule has 0 spiro atoms. The molecule has 3 heteroatoms. The summed E-state index contributed by atoms with van der Waals surface area (Å²) in [6, 6.07) is 4.85. The molecule has 0 amide bonds. The third-order valence-corrected chi connectivity index (χ3v) is 2.76. The van der Waals surface area contributed by atoms with Gasteiger partial charge in [-0.05, 0) is 57.9 Å². The highest BCUT2D eigenvalue weighted by Crippen LogP contribution is 2.16. The molecule has 0 saturated heterocycles. The maximum atomic E-state index is 12.9. The number of rotatable bonds is 5. The molecule has 1 rings (SSSR count). The van der Waals surface area contributed by atoms with Gasteiger partial charge in [0.05, 0.1) is 5.02 Å². The summed E-state index contributed by atoms with van der Waals surface area (Å²) in [6.45, 7) is 7.41. The fraction of sp³-hybridized carbons (Fsp3) is 0.467. The van der Waals surface area contributed by atoms with Crippen molar-refractivity contribution in [2.75, 3.05) is 6.54 Å². The second-order valence-corrected chi connectivity index (χ2v) is 5.80. The van der Waals surface area contributed by atoms with Gasteiger partial charge in [0.2, 0.25) is 0 Å². The van der Waals surface area contributed by atoms with Crippen LogP contribution in [0, 0.1) is 5.82 Å². The van der Waals surface area contributed by atoms with Crippen LogP contribution in [0.3, 0.4) is 0 Å². The van der Waals surface area contributed by atoms with Crippen LogP contribution in [-0.4, -0.2) is 12.1 Å². The number of nitrogens with one attached hydrogen (secondary N) is 1. The second kappa shape index (κ2) is 6.91. The third kappa shape index (κ3) is 6.18. The van der Waals surface area contributed by atoms with E-state index in [0.717, 1.165) is 24.9 Å². The summed E-state index contributed by atoms with van der Waals surface area (Å²) in [7, 11) is 0. The molecular formula is C15H21ClFN. The molecule has 1 nitrogen and oxygen atoms in total. The van der Waals surface area contributed by atoms with Gasteiger partial charge in [-0.1, -0.05) is 29.8 Å². The summed E-state index contributed by atoms with van der Waals surface area (Å²) < 4.78 is 12.9. The van der Waals surface area contributed by atoms with E-state index in [9.17, 15) is 4.39 Å². The molecule has 0 aliphatic carbocycles. The van der Waals surface area contributed by atoms with Crippen LogP contribution in [0.5, 0.6) is 0 Å². The van der Waals surface area contributed by atoms with Crippen molar-refractivity contribution >= 4 is 11.6 Å². The standard InChI is InChI=1S/C15H21ClFN/c1-15(2,3)18-10-6-4-5-7-12-8-9-14(17)13(16)11-12/h4-5,8-9,11,18H,6-7,10H2,1-3H3/b5-4+. The number of allylic oxidation sites excluding steroid dienone is 1. The monoisotopic (exact) mass is 269 g/mol. The Hall–Kier alpha value is -0.860.